The number of halogens is 2. The standard InChI is InChI=1S/C11H14F2N2O3/c1-8-2-3-9(10(6-8)15(17)18)14(4-5-16)7-11(12)13/h2-3,6,11,16H,4-5,7H2,1H3. The Bertz CT molecular complexity index is 427. The van der Waals surface area contributed by atoms with Gasteiger partial charge in [-0.1, -0.05) is 6.07 Å². The third-order valence-electron chi connectivity index (χ3n) is 2.40. The Balaban J connectivity index is 3.13. The van der Waals surface area contributed by atoms with Crippen molar-refractivity contribution >= 4 is 11.4 Å². The molecule has 1 aromatic rings. The van der Waals surface area contributed by atoms with Gasteiger partial charge in [-0.05, 0) is 18.6 Å². The molecule has 7 heteroatoms. The topological polar surface area (TPSA) is 66.6 Å². The van der Waals surface area contributed by atoms with Crippen molar-refractivity contribution in [1.29, 1.82) is 0 Å². The molecule has 0 aliphatic heterocycles. The summed E-state index contributed by atoms with van der Waals surface area (Å²) in [7, 11) is 0. The normalized spacial score (nSPS) is 10.7. The number of hydrogen-bond acceptors (Lipinski definition) is 4. The van der Waals surface area contributed by atoms with Crippen LogP contribution in [-0.4, -0.2) is 36.2 Å². The summed E-state index contributed by atoms with van der Waals surface area (Å²) in [5.74, 6) is 0. The molecule has 0 radical (unpaired) electrons. The number of aliphatic hydroxyl groups is 1. The lowest BCUT2D eigenvalue weighted by molar-refractivity contribution is -0.384. The van der Waals surface area contributed by atoms with Crippen molar-refractivity contribution in [3.05, 3.63) is 33.9 Å². The van der Waals surface area contributed by atoms with Gasteiger partial charge in [0.1, 0.15) is 5.69 Å². The van der Waals surface area contributed by atoms with Crippen molar-refractivity contribution in [2.75, 3.05) is 24.6 Å². The van der Waals surface area contributed by atoms with E-state index in [2.05, 4.69) is 0 Å². The zero-order valence-corrected chi connectivity index (χ0v) is 9.84. The molecule has 0 aromatic heterocycles. The Morgan fingerprint density at radius 1 is 1.50 bits per heavy atom. The molecule has 1 rings (SSSR count). The fraction of sp³-hybridized carbons (Fsp3) is 0.455. The summed E-state index contributed by atoms with van der Waals surface area (Å²) in [6.45, 7) is 0.608. The molecule has 0 bridgehead atoms. The minimum Gasteiger partial charge on any atom is -0.395 e. The molecule has 5 nitrogen and oxygen atoms in total. The number of alkyl halides is 2. The fourth-order valence-electron chi connectivity index (χ4n) is 1.64. The highest BCUT2D eigenvalue weighted by Gasteiger charge is 2.21. The van der Waals surface area contributed by atoms with Gasteiger partial charge in [-0.15, -0.1) is 0 Å². The van der Waals surface area contributed by atoms with Crippen molar-refractivity contribution in [3.63, 3.8) is 0 Å². The van der Waals surface area contributed by atoms with E-state index in [4.69, 9.17) is 5.11 Å². The summed E-state index contributed by atoms with van der Waals surface area (Å²) in [5.41, 5.74) is 0.537. The first-order valence-electron chi connectivity index (χ1n) is 5.34. The van der Waals surface area contributed by atoms with E-state index in [1.165, 1.54) is 12.1 Å². The van der Waals surface area contributed by atoms with Crippen LogP contribution in [0.5, 0.6) is 0 Å². The van der Waals surface area contributed by atoms with Crippen LogP contribution in [0.15, 0.2) is 18.2 Å². The summed E-state index contributed by atoms with van der Waals surface area (Å²) >= 11 is 0. The number of hydrogen-bond donors (Lipinski definition) is 1. The molecule has 0 spiro atoms. The molecule has 0 aliphatic carbocycles. The molecule has 0 saturated carbocycles. The van der Waals surface area contributed by atoms with E-state index in [0.717, 1.165) is 4.90 Å². The lowest BCUT2D eigenvalue weighted by Gasteiger charge is -2.23. The van der Waals surface area contributed by atoms with Gasteiger partial charge in [-0.3, -0.25) is 10.1 Å². The maximum atomic E-state index is 12.4. The number of nitro groups is 1. The van der Waals surface area contributed by atoms with Crippen LogP contribution in [0.4, 0.5) is 20.2 Å². The van der Waals surface area contributed by atoms with E-state index < -0.39 is 17.9 Å². The average Bonchev–Trinajstić information content (AvgIpc) is 2.27. The van der Waals surface area contributed by atoms with Crippen molar-refractivity contribution in [3.8, 4) is 0 Å². The van der Waals surface area contributed by atoms with Gasteiger partial charge in [0.2, 0.25) is 0 Å². The second-order valence-electron chi connectivity index (χ2n) is 3.81. The van der Waals surface area contributed by atoms with E-state index >= 15 is 0 Å². The number of aryl methyl sites for hydroxylation is 1. The third-order valence-corrected chi connectivity index (χ3v) is 2.40. The van der Waals surface area contributed by atoms with Crippen LogP contribution in [0.25, 0.3) is 0 Å². The Kier molecular flexibility index (Phi) is 4.96. The predicted octanol–water partition coefficient (Wildman–Crippen LogP) is 1.97. The minimum absolute atomic E-state index is 0.0752. The smallest absolute Gasteiger partial charge is 0.292 e. The number of anilines is 1. The van der Waals surface area contributed by atoms with E-state index in [1.54, 1.807) is 13.0 Å². The van der Waals surface area contributed by atoms with Crippen molar-refractivity contribution < 1.29 is 18.8 Å². The quantitative estimate of drug-likeness (QED) is 0.627. The largest absolute Gasteiger partial charge is 0.395 e. The average molecular weight is 260 g/mol. The second kappa shape index (κ2) is 6.25. The van der Waals surface area contributed by atoms with Crippen LogP contribution in [0, 0.1) is 17.0 Å². The highest BCUT2D eigenvalue weighted by Crippen LogP contribution is 2.29. The third kappa shape index (κ3) is 3.63. The number of nitro benzene ring substituents is 1. The van der Waals surface area contributed by atoms with Crippen LogP contribution in [-0.2, 0) is 0 Å². The van der Waals surface area contributed by atoms with Crippen molar-refractivity contribution in [2.24, 2.45) is 0 Å². The van der Waals surface area contributed by atoms with Crippen LogP contribution in [0.2, 0.25) is 0 Å². The molecule has 18 heavy (non-hydrogen) atoms. The molecule has 0 saturated heterocycles. The van der Waals surface area contributed by atoms with Gasteiger partial charge < -0.3 is 10.0 Å². The molecule has 1 aromatic carbocycles. The van der Waals surface area contributed by atoms with E-state index in [1.807, 2.05) is 0 Å². The zero-order valence-electron chi connectivity index (χ0n) is 9.84. The van der Waals surface area contributed by atoms with E-state index in [-0.39, 0.29) is 24.5 Å². The lowest BCUT2D eigenvalue weighted by atomic mass is 10.1. The SMILES string of the molecule is Cc1ccc(N(CCO)CC(F)F)c([N+](=O)[O-])c1. The number of rotatable bonds is 6. The second-order valence-corrected chi connectivity index (χ2v) is 3.81. The maximum Gasteiger partial charge on any atom is 0.292 e. The van der Waals surface area contributed by atoms with Crippen LogP contribution in [0.3, 0.4) is 0 Å². The molecule has 100 valence electrons. The van der Waals surface area contributed by atoms with Crippen molar-refractivity contribution in [1.82, 2.24) is 0 Å². The van der Waals surface area contributed by atoms with Gasteiger partial charge in [0.15, 0.2) is 0 Å². The predicted molar refractivity (Wildman–Crippen MR) is 63.1 cm³/mol. The summed E-state index contributed by atoms with van der Waals surface area (Å²) in [4.78, 5) is 11.4. The molecule has 0 aliphatic rings. The van der Waals surface area contributed by atoms with Gasteiger partial charge in [0.05, 0.1) is 18.1 Å². The Hall–Kier alpha value is -1.76. The summed E-state index contributed by atoms with van der Waals surface area (Å²) in [6, 6.07) is 4.36. The van der Waals surface area contributed by atoms with Gasteiger partial charge >= 0.3 is 0 Å². The molecule has 0 fully saturated rings. The molecule has 0 heterocycles. The first kappa shape index (κ1) is 14.3. The van der Waals surface area contributed by atoms with Gasteiger partial charge in [-0.2, -0.15) is 0 Å². The number of benzene rings is 1. The van der Waals surface area contributed by atoms with Crippen molar-refractivity contribution in [2.45, 2.75) is 13.3 Å². The Morgan fingerprint density at radius 2 is 2.17 bits per heavy atom. The highest BCUT2D eigenvalue weighted by atomic mass is 19.3. The fourth-order valence-corrected chi connectivity index (χ4v) is 1.64. The lowest BCUT2D eigenvalue weighted by Crippen LogP contribution is -2.32. The minimum atomic E-state index is -2.63. The van der Waals surface area contributed by atoms with Gasteiger partial charge in [0.25, 0.3) is 12.1 Å². The Morgan fingerprint density at radius 3 is 2.67 bits per heavy atom. The Labute approximate surface area is 103 Å². The molecular formula is C11H14F2N2O3. The van der Waals surface area contributed by atoms with Crippen LogP contribution in [0.1, 0.15) is 5.56 Å². The molecule has 0 atom stereocenters. The summed E-state index contributed by atoms with van der Waals surface area (Å²) < 4.78 is 24.8. The molecular weight excluding hydrogens is 246 g/mol. The summed E-state index contributed by atoms with van der Waals surface area (Å²) in [6.07, 6.45) is -2.63. The zero-order chi connectivity index (χ0) is 13.7. The van der Waals surface area contributed by atoms with E-state index in [0.29, 0.717) is 5.56 Å². The molecule has 0 unspecified atom stereocenters. The summed E-state index contributed by atoms with van der Waals surface area (Å²) in [5, 5.41) is 19.7. The number of aliphatic hydroxyl groups excluding tert-OH is 1. The monoisotopic (exact) mass is 260 g/mol. The van der Waals surface area contributed by atoms with Crippen LogP contribution >= 0.6 is 0 Å². The van der Waals surface area contributed by atoms with Gasteiger partial charge in [-0.25, -0.2) is 8.78 Å². The maximum absolute atomic E-state index is 12.4. The first-order chi connectivity index (χ1) is 8.45. The molecule has 0 amide bonds. The van der Waals surface area contributed by atoms with Crippen LogP contribution < -0.4 is 4.90 Å². The molecule has 1 N–H and O–H groups in total. The van der Waals surface area contributed by atoms with E-state index in [9.17, 15) is 18.9 Å². The van der Waals surface area contributed by atoms with Gasteiger partial charge in [0, 0.05) is 12.6 Å². The number of nitrogens with zero attached hydrogens (tertiary/aromatic N) is 2. The highest BCUT2D eigenvalue weighted by molar-refractivity contribution is 5.64. The first-order valence-corrected chi connectivity index (χ1v) is 5.34.